The average Bonchev–Trinajstić information content (AvgIpc) is 2.37. The van der Waals surface area contributed by atoms with Gasteiger partial charge in [0.1, 0.15) is 0 Å². The first-order valence-corrected chi connectivity index (χ1v) is 7.43. The number of anilines is 1. The third-order valence-corrected chi connectivity index (χ3v) is 3.25. The lowest BCUT2D eigenvalue weighted by Gasteiger charge is -2.10. The van der Waals surface area contributed by atoms with Gasteiger partial charge in [-0.1, -0.05) is 19.4 Å². The quantitative estimate of drug-likeness (QED) is 0.205. The molecule has 0 amide bonds. The molecule has 7 nitrogen and oxygen atoms in total. The summed E-state index contributed by atoms with van der Waals surface area (Å²) < 4.78 is 22.5. The largest absolute Gasteiger partial charge is 0.325 e. The minimum atomic E-state index is -3.72. The summed E-state index contributed by atoms with van der Waals surface area (Å²) in [6, 6.07) is 6.12. The smallest absolute Gasteiger partial charge is 0.238 e. The van der Waals surface area contributed by atoms with Gasteiger partial charge in [0.05, 0.1) is 4.90 Å². The van der Waals surface area contributed by atoms with Crippen molar-refractivity contribution in [3.63, 3.8) is 0 Å². The van der Waals surface area contributed by atoms with Gasteiger partial charge in [-0.25, -0.2) is 19.4 Å². The van der Waals surface area contributed by atoms with Crippen molar-refractivity contribution in [1.29, 1.82) is 0 Å². The second kappa shape index (κ2) is 7.07. The second-order valence-electron chi connectivity index (χ2n) is 3.93. The van der Waals surface area contributed by atoms with Gasteiger partial charge in [0, 0.05) is 12.2 Å². The van der Waals surface area contributed by atoms with Crippen LogP contribution in [-0.4, -0.2) is 20.9 Å². The molecule has 0 fully saturated rings. The normalized spacial score (nSPS) is 12.3. The Morgan fingerprint density at radius 3 is 2.74 bits per heavy atom. The summed E-state index contributed by atoms with van der Waals surface area (Å²) >= 11 is 0. The van der Waals surface area contributed by atoms with Gasteiger partial charge < -0.3 is 5.32 Å². The fourth-order valence-corrected chi connectivity index (χ4v) is 1.92. The Kier molecular flexibility index (Phi) is 5.74. The Labute approximate surface area is 113 Å². The number of hydrazine groups is 1. The van der Waals surface area contributed by atoms with Crippen molar-refractivity contribution < 1.29 is 8.42 Å². The van der Waals surface area contributed by atoms with Gasteiger partial charge >= 0.3 is 0 Å². The van der Waals surface area contributed by atoms with Crippen LogP contribution in [0.3, 0.4) is 0 Å². The number of hydrogen-bond acceptors (Lipinski definition) is 4. The summed E-state index contributed by atoms with van der Waals surface area (Å²) in [5.41, 5.74) is 2.97. The van der Waals surface area contributed by atoms with Gasteiger partial charge in [0.2, 0.25) is 16.0 Å². The minimum absolute atomic E-state index is 0.0300. The number of aliphatic imine (C=N–C) groups is 1. The summed E-state index contributed by atoms with van der Waals surface area (Å²) in [5.74, 6) is 5.72. The van der Waals surface area contributed by atoms with E-state index < -0.39 is 10.0 Å². The number of nitrogens with one attached hydrogen (secondary N) is 2. The molecule has 0 heterocycles. The van der Waals surface area contributed by atoms with Crippen molar-refractivity contribution in [1.82, 2.24) is 5.43 Å². The molecule has 1 aromatic rings. The van der Waals surface area contributed by atoms with E-state index in [9.17, 15) is 8.42 Å². The Bertz CT molecular complexity index is 542. The molecule has 6 N–H and O–H groups in total. The van der Waals surface area contributed by atoms with E-state index in [1.165, 1.54) is 12.1 Å². The molecule has 0 spiro atoms. The van der Waals surface area contributed by atoms with E-state index in [2.05, 4.69) is 22.7 Å². The first-order chi connectivity index (χ1) is 8.97. The summed E-state index contributed by atoms with van der Waals surface area (Å²) in [5, 5.41) is 7.96. The van der Waals surface area contributed by atoms with E-state index in [4.69, 9.17) is 11.0 Å². The zero-order chi connectivity index (χ0) is 14.3. The zero-order valence-corrected chi connectivity index (χ0v) is 11.6. The molecule has 1 rings (SSSR count). The van der Waals surface area contributed by atoms with Crippen LogP contribution in [0.15, 0.2) is 34.2 Å². The van der Waals surface area contributed by atoms with E-state index in [1.807, 2.05) is 0 Å². The lowest BCUT2D eigenvalue weighted by molar-refractivity contribution is 0.598. The molecule has 19 heavy (non-hydrogen) atoms. The lowest BCUT2D eigenvalue weighted by Crippen LogP contribution is -2.36. The summed E-state index contributed by atoms with van der Waals surface area (Å²) in [7, 11) is -3.72. The standard InChI is InChI=1S/C11H19N5O2S/c1-2-3-7-14-11(16-12)15-9-5-4-6-10(8-9)19(13,17)18/h4-6,8H,2-3,7,12H2,1H3,(H2,13,17,18)(H2,14,15,16). The summed E-state index contributed by atoms with van der Waals surface area (Å²) in [6.07, 6.45) is 1.98. The Hall–Kier alpha value is -1.64. The third kappa shape index (κ3) is 5.25. The van der Waals surface area contributed by atoms with Crippen LogP contribution in [0.5, 0.6) is 0 Å². The predicted molar refractivity (Wildman–Crippen MR) is 76.0 cm³/mol. The maximum absolute atomic E-state index is 11.2. The van der Waals surface area contributed by atoms with E-state index in [0.717, 1.165) is 12.8 Å². The van der Waals surface area contributed by atoms with Crippen molar-refractivity contribution >= 4 is 21.7 Å². The van der Waals surface area contributed by atoms with Gasteiger partial charge in [-0.05, 0) is 24.6 Å². The Balaban J connectivity index is 2.83. The first-order valence-electron chi connectivity index (χ1n) is 5.88. The molecule has 0 saturated carbocycles. The van der Waals surface area contributed by atoms with Gasteiger partial charge in [-0.2, -0.15) is 0 Å². The molecule has 106 valence electrons. The SMILES string of the molecule is CCCCN=C(NN)Nc1cccc(S(N)(=O)=O)c1. The van der Waals surface area contributed by atoms with Crippen molar-refractivity contribution in [3.8, 4) is 0 Å². The molecule has 0 saturated heterocycles. The topological polar surface area (TPSA) is 123 Å². The molecular weight excluding hydrogens is 266 g/mol. The van der Waals surface area contributed by atoms with Crippen molar-refractivity contribution in [2.75, 3.05) is 11.9 Å². The molecule has 0 bridgehead atoms. The van der Waals surface area contributed by atoms with Crippen molar-refractivity contribution in [2.24, 2.45) is 16.0 Å². The monoisotopic (exact) mass is 285 g/mol. The number of unbranched alkanes of at least 4 members (excludes halogenated alkanes) is 1. The van der Waals surface area contributed by atoms with Crippen LogP contribution in [-0.2, 0) is 10.0 Å². The zero-order valence-electron chi connectivity index (χ0n) is 10.8. The van der Waals surface area contributed by atoms with Gasteiger partial charge in [0.15, 0.2) is 0 Å². The van der Waals surface area contributed by atoms with Crippen LogP contribution < -0.4 is 21.7 Å². The average molecular weight is 285 g/mol. The maximum atomic E-state index is 11.2. The first kappa shape index (κ1) is 15.4. The Morgan fingerprint density at radius 1 is 1.42 bits per heavy atom. The molecule has 1 aromatic carbocycles. The van der Waals surface area contributed by atoms with Gasteiger partial charge in [-0.15, -0.1) is 0 Å². The van der Waals surface area contributed by atoms with Gasteiger partial charge in [0.25, 0.3) is 0 Å². The molecule has 0 aliphatic heterocycles. The van der Waals surface area contributed by atoms with E-state index >= 15 is 0 Å². The van der Waals surface area contributed by atoms with Crippen molar-refractivity contribution in [2.45, 2.75) is 24.7 Å². The highest BCUT2D eigenvalue weighted by Gasteiger charge is 2.08. The van der Waals surface area contributed by atoms with Crippen LogP contribution in [0, 0.1) is 0 Å². The number of nitrogens with two attached hydrogens (primary N) is 2. The molecule has 0 atom stereocenters. The molecule has 0 radical (unpaired) electrons. The number of sulfonamides is 1. The molecule has 0 aliphatic rings. The summed E-state index contributed by atoms with van der Waals surface area (Å²) in [6.45, 7) is 2.70. The third-order valence-electron chi connectivity index (χ3n) is 2.34. The highest BCUT2D eigenvalue weighted by Crippen LogP contribution is 2.13. The molecular formula is C11H19N5O2S. The van der Waals surface area contributed by atoms with E-state index in [-0.39, 0.29) is 4.90 Å². The number of nitrogens with zero attached hydrogens (tertiary/aromatic N) is 1. The van der Waals surface area contributed by atoms with Crippen LogP contribution >= 0.6 is 0 Å². The number of benzene rings is 1. The van der Waals surface area contributed by atoms with E-state index in [0.29, 0.717) is 18.2 Å². The van der Waals surface area contributed by atoms with Gasteiger partial charge in [-0.3, -0.25) is 10.4 Å². The van der Waals surface area contributed by atoms with Crippen LogP contribution in [0.2, 0.25) is 0 Å². The summed E-state index contributed by atoms with van der Waals surface area (Å²) in [4.78, 5) is 4.24. The highest BCUT2D eigenvalue weighted by atomic mass is 32.2. The molecule has 0 unspecified atom stereocenters. The van der Waals surface area contributed by atoms with Crippen LogP contribution in [0.4, 0.5) is 5.69 Å². The van der Waals surface area contributed by atoms with E-state index in [1.54, 1.807) is 12.1 Å². The lowest BCUT2D eigenvalue weighted by atomic mass is 10.3. The number of primary sulfonamides is 1. The fourth-order valence-electron chi connectivity index (χ4n) is 1.36. The number of hydrogen-bond donors (Lipinski definition) is 4. The minimum Gasteiger partial charge on any atom is -0.325 e. The second-order valence-corrected chi connectivity index (χ2v) is 5.49. The molecule has 0 aromatic heterocycles. The molecule has 0 aliphatic carbocycles. The highest BCUT2D eigenvalue weighted by molar-refractivity contribution is 7.89. The van der Waals surface area contributed by atoms with Crippen LogP contribution in [0.1, 0.15) is 19.8 Å². The molecule has 8 heteroatoms. The Morgan fingerprint density at radius 2 is 2.16 bits per heavy atom. The number of rotatable bonds is 5. The predicted octanol–water partition coefficient (Wildman–Crippen LogP) is 0.365. The fraction of sp³-hybridized carbons (Fsp3) is 0.364. The van der Waals surface area contributed by atoms with Crippen LogP contribution in [0.25, 0.3) is 0 Å². The number of guanidine groups is 1. The maximum Gasteiger partial charge on any atom is 0.238 e. The van der Waals surface area contributed by atoms with Crippen molar-refractivity contribution in [3.05, 3.63) is 24.3 Å².